The topological polar surface area (TPSA) is 59.1 Å². The fourth-order valence-corrected chi connectivity index (χ4v) is 1.09. The predicted molar refractivity (Wildman–Crippen MR) is 53.2 cm³/mol. The first-order chi connectivity index (χ1) is 6.24. The van der Waals surface area contributed by atoms with E-state index in [0.29, 0.717) is 0 Å². The molecule has 0 spiro atoms. The van der Waals surface area contributed by atoms with Gasteiger partial charge in [-0.25, -0.2) is 0 Å². The molecule has 0 radical (unpaired) electrons. The first-order valence-corrected chi connectivity index (χ1v) is 4.27. The highest BCUT2D eigenvalue weighted by Gasteiger charge is 2.00. The Morgan fingerprint density at radius 3 is 2.77 bits per heavy atom. The molecule has 0 bridgehead atoms. The Balaban J connectivity index is 2.69. The van der Waals surface area contributed by atoms with Crippen molar-refractivity contribution in [2.75, 3.05) is 6.61 Å². The van der Waals surface area contributed by atoms with Gasteiger partial charge in [-0.05, 0) is 18.1 Å². The summed E-state index contributed by atoms with van der Waals surface area (Å²) in [6.45, 7) is 2.23. The third-order valence-corrected chi connectivity index (χ3v) is 1.74. The molecular weight excluding hydrogens is 164 g/mol. The second-order valence-electron chi connectivity index (χ2n) is 2.78. The summed E-state index contributed by atoms with van der Waals surface area (Å²) in [5.41, 5.74) is 6.33. The van der Waals surface area contributed by atoms with Crippen molar-refractivity contribution in [1.82, 2.24) is 0 Å². The number of nitrogens with one attached hydrogen (secondary N) is 1. The van der Waals surface area contributed by atoms with E-state index < -0.39 is 0 Å². The lowest BCUT2D eigenvalue weighted by molar-refractivity contribution is 0.370. The zero-order valence-corrected chi connectivity index (χ0v) is 7.71. The second kappa shape index (κ2) is 4.50. The summed E-state index contributed by atoms with van der Waals surface area (Å²) in [6.07, 6.45) is 0.925. The average molecular weight is 178 g/mol. The van der Waals surface area contributed by atoms with Crippen LogP contribution in [0.1, 0.15) is 12.5 Å². The minimum absolute atomic E-state index is 0.0471. The Labute approximate surface area is 78.0 Å². The Morgan fingerprint density at radius 2 is 2.15 bits per heavy atom. The quantitative estimate of drug-likeness (QED) is 0.543. The lowest BCUT2D eigenvalue weighted by atomic mass is 10.1. The van der Waals surface area contributed by atoms with Gasteiger partial charge < -0.3 is 10.5 Å². The summed E-state index contributed by atoms with van der Waals surface area (Å²) in [6, 6.07) is 7.78. The van der Waals surface area contributed by atoms with E-state index in [1.807, 2.05) is 24.3 Å². The summed E-state index contributed by atoms with van der Waals surface area (Å²) in [7, 11) is 0. The van der Waals surface area contributed by atoms with E-state index in [-0.39, 0.29) is 12.4 Å². The van der Waals surface area contributed by atoms with Gasteiger partial charge in [0.1, 0.15) is 18.2 Å². The maximum Gasteiger partial charge on any atom is 0.145 e. The van der Waals surface area contributed by atoms with Crippen LogP contribution in [0.2, 0.25) is 0 Å². The number of hydrogen-bond acceptors (Lipinski definition) is 2. The van der Waals surface area contributed by atoms with Crippen LogP contribution in [0.15, 0.2) is 24.3 Å². The lowest BCUT2D eigenvalue weighted by Crippen LogP contribution is -2.19. The second-order valence-corrected chi connectivity index (χ2v) is 2.78. The molecule has 70 valence electrons. The van der Waals surface area contributed by atoms with Crippen LogP contribution in [-0.2, 0) is 6.42 Å². The molecule has 1 aromatic carbocycles. The SMILES string of the molecule is CCc1ccccc1OCC(=N)N. The van der Waals surface area contributed by atoms with Crippen molar-refractivity contribution in [3.63, 3.8) is 0 Å². The molecule has 3 heteroatoms. The molecule has 1 rings (SSSR count). The molecular formula is C10H14N2O. The number of ether oxygens (including phenoxy) is 1. The van der Waals surface area contributed by atoms with Gasteiger partial charge in [0.2, 0.25) is 0 Å². The van der Waals surface area contributed by atoms with E-state index >= 15 is 0 Å². The predicted octanol–water partition coefficient (Wildman–Crippen LogP) is 1.56. The van der Waals surface area contributed by atoms with E-state index in [9.17, 15) is 0 Å². The number of amidine groups is 1. The van der Waals surface area contributed by atoms with Gasteiger partial charge in [-0.2, -0.15) is 0 Å². The number of benzene rings is 1. The standard InChI is InChI=1S/C10H14N2O/c1-2-8-5-3-4-6-9(8)13-7-10(11)12/h3-6H,2,7H2,1H3,(H3,11,12). The first kappa shape index (κ1) is 9.58. The minimum Gasteiger partial charge on any atom is -0.485 e. The van der Waals surface area contributed by atoms with Crippen molar-refractivity contribution in [1.29, 1.82) is 5.41 Å². The van der Waals surface area contributed by atoms with Gasteiger partial charge in [0, 0.05) is 0 Å². The minimum atomic E-state index is 0.0471. The summed E-state index contributed by atoms with van der Waals surface area (Å²) in [5.74, 6) is 0.867. The molecule has 3 nitrogen and oxygen atoms in total. The van der Waals surface area contributed by atoms with Crippen molar-refractivity contribution >= 4 is 5.84 Å². The summed E-state index contributed by atoms with van der Waals surface area (Å²) >= 11 is 0. The molecule has 0 saturated carbocycles. The molecule has 0 heterocycles. The van der Waals surface area contributed by atoms with E-state index in [1.165, 1.54) is 0 Å². The van der Waals surface area contributed by atoms with Gasteiger partial charge in [0.25, 0.3) is 0 Å². The maximum absolute atomic E-state index is 7.02. The molecule has 0 aliphatic rings. The highest BCUT2D eigenvalue weighted by Crippen LogP contribution is 2.17. The third kappa shape index (κ3) is 2.78. The number of nitrogens with two attached hydrogens (primary N) is 1. The van der Waals surface area contributed by atoms with Gasteiger partial charge in [-0.3, -0.25) is 5.41 Å². The fourth-order valence-electron chi connectivity index (χ4n) is 1.09. The van der Waals surface area contributed by atoms with Crippen molar-refractivity contribution in [3.8, 4) is 5.75 Å². The largest absolute Gasteiger partial charge is 0.485 e. The summed E-state index contributed by atoms with van der Waals surface area (Å²) in [5, 5.41) is 7.02. The zero-order chi connectivity index (χ0) is 9.68. The molecule has 0 saturated heterocycles. The zero-order valence-electron chi connectivity index (χ0n) is 7.71. The van der Waals surface area contributed by atoms with Gasteiger partial charge in [-0.1, -0.05) is 25.1 Å². The Kier molecular flexibility index (Phi) is 3.31. The molecule has 1 aromatic rings. The van der Waals surface area contributed by atoms with Crippen molar-refractivity contribution < 1.29 is 4.74 Å². The molecule has 0 amide bonds. The Bertz CT molecular complexity index is 297. The summed E-state index contributed by atoms with van der Waals surface area (Å²) in [4.78, 5) is 0. The third-order valence-electron chi connectivity index (χ3n) is 1.74. The van der Waals surface area contributed by atoms with Gasteiger partial charge in [-0.15, -0.1) is 0 Å². The number of para-hydroxylation sites is 1. The average Bonchev–Trinajstić information content (AvgIpc) is 2.15. The van der Waals surface area contributed by atoms with Crippen LogP contribution >= 0.6 is 0 Å². The smallest absolute Gasteiger partial charge is 0.145 e. The molecule has 0 aromatic heterocycles. The number of aryl methyl sites for hydroxylation is 1. The van der Waals surface area contributed by atoms with Crippen LogP contribution in [0.4, 0.5) is 0 Å². The van der Waals surface area contributed by atoms with Crippen LogP contribution in [0.5, 0.6) is 5.75 Å². The van der Waals surface area contributed by atoms with E-state index in [4.69, 9.17) is 15.9 Å². The number of hydrogen-bond donors (Lipinski definition) is 2. The van der Waals surface area contributed by atoms with Crippen LogP contribution < -0.4 is 10.5 Å². The number of rotatable bonds is 4. The van der Waals surface area contributed by atoms with Gasteiger partial charge in [0.15, 0.2) is 0 Å². The van der Waals surface area contributed by atoms with Crippen molar-refractivity contribution in [2.45, 2.75) is 13.3 Å². The molecule has 0 fully saturated rings. The van der Waals surface area contributed by atoms with Crippen LogP contribution in [0, 0.1) is 5.41 Å². The van der Waals surface area contributed by atoms with E-state index in [2.05, 4.69) is 6.92 Å². The lowest BCUT2D eigenvalue weighted by Gasteiger charge is -2.08. The Hall–Kier alpha value is -1.51. The molecule has 3 N–H and O–H groups in total. The Morgan fingerprint density at radius 1 is 1.46 bits per heavy atom. The van der Waals surface area contributed by atoms with Gasteiger partial charge in [0.05, 0.1) is 0 Å². The van der Waals surface area contributed by atoms with E-state index in [0.717, 1.165) is 17.7 Å². The van der Waals surface area contributed by atoms with Crippen LogP contribution in [0.3, 0.4) is 0 Å². The molecule has 0 atom stereocenters. The van der Waals surface area contributed by atoms with Crippen LogP contribution in [-0.4, -0.2) is 12.4 Å². The van der Waals surface area contributed by atoms with Crippen molar-refractivity contribution in [3.05, 3.63) is 29.8 Å². The van der Waals surface area contributed by atoms with Crippen LogP contribution in [0.25, 0.3) is 0 Å². The molecule has 0 aliphatic carbocycles. The molecule has 0 unspecified atom stereocenters. The molecule has 13 heavy (non-hydrogen) atoms. The summed E-state index contributed by atoms with van der Waals surface area (Å²) < 4.78 is 5.34. The first-order valence-electron chi connectivity index (χ1n) is 4.27. The molecule has 0 aliphatic heterocycles. The monoisotopic (exact) mass is 178 g/mol. The maximum atomic E-state index is 7.02. The highest BCUT2D eigenvalue weighted by atomic mass is 16.5. The van der Waals surface area contributed by atoms with E-state index in [1.54, 1.807) is 0 Å². The fraction of sp³-hybridized carbons (Fsp3) is 0.300. The van der Waals surface area contributed by atoms with Crippen molar-refractivity contribution in [2.24, 2.45) is 5.73 Å². The highest BCUT2D eigenvalue weighted by molar-refractivity contribution is 5.78. The van der Waals surface area contributed by atoms with Gasteiger partial charge >= 0.3 is 0 Å². The normalized spacial score (nSPS) is 9.62.